The van der Waals surface area contributed by atoms with Gasteiger partial charge in [0.2, 0.25) is 0 Å². The van der Waals surface area contributed by atoms with E-state index in [1.807, 2.05) is 49.4 Å². The zero-order valence-corrected chi connectivity index (χ0v) is 15.3. The number of aliphatic hydroxyl groups excluding tert-OH is 1. The maximum Gasteiger partial charge on any atom is 0.256 e. The molecule has 1 fully saturated rings. The average molecular weight is 370 g/mol. The molecule has 1 spiro atoms. The molecule has 0 radical (unpaired) electrons. The minimum atomic E-state index is -0.687. The number of carbonyl (C=O) groups excluding carboxylic acids is 1. The molecule has 134 valence electrons. The summed E-state index contributed by atoms with van der Waals surface area (Å²) in [5, 5.41) is 14.6. The van der Waals surface area contributed by atoms with E-state index in [1.165, 1.54) is 0 Å². The highest BCUT2D eigenvalue weighted by Crippen LogP contribution is 2.39. The van der Waals surface area contributed by atoms with E-state index in [0.717, 1.165) is 22.3 Å². The van der Waals surface area contributed by atoms with E-state index >= 15 is 0 Å². The first-order valence-corrected chi connectivity index (χ1v) is 9.09. The Labute approximate surface area is 157 Å². The van der Waals surface area contributed by atoms with Crippen molar-refractivity contribution < 1.29 is 14.6 Å². The van der Waals surface area contributed by atoms with Gasteiger partial charge in [0.05, 0.1) is 5.57 Å². The van der Waals surface area contributed by atoms with Gasteiger partial charge in [0, 0.05) is 31.1 Å². The number of benzene rings is 2. The normalized spacial score (nSPS) is 19.1. The van der Waals surface area contributed by atoms with E-state index in [0.29, 0.717) is 36.7 Å². The Morgan fingerprint density at radius 2 is 1.73 bits per heavy atom. The van der Waals surface area contributed by atoms with E-state index in [-0.39, 0.29) is 11.7 Å². The third-order valence-electron chi connectivity index (χ3n) is 5.30. The molecule has 1 amide bonds. The van der Waals surface area contributed by atoms with Crippen LogP contribution in [0.3, 0.4) is 0 Å². The monoisotopic (exact) mass is 369 g/mol. The molecule has 2 aliphatic heterocycles. The van der Waals surface area contributed by atoms with Gasteiger partial charge in [-0.1, -0.05) is 35.9 Å². The number of hydrogen-bond acceptors (Lipinski definition) is 3. The summed E-state index contributed by atoms with van der Waals surface area (Å²) in [5.41, 5.74) is 3.38. The highest BCUT2D eigenvalue weighted by molar-refractivity contribution is 6.30. The highest BCUT2D eigenvalue weighted by Gasteiger charge is 2.47. The topological polar surface area (TPSA) is 58.6 Å². The van der Waals surface area contributed by atoms with Crippen molar-refractivity contribution in [2.45, 2.75) is 25.3 Å². The van der Waals surface area contributed by atoms with E-state index in [4.69, 9.17) is 16.3 Å². The van der Waals surface area contributed by atoms with Gasteiger partial charge >= 0.3 is 0 Å². The summed E-state index contributed by atoms with van der Waals surface area (Å²) >= 11 is 5.98. The van der Waals surface area contributed by atoms with Crippen LogP contribution in [0.2, 0.25) is 5.02 Å². The minimum Gasteiger partial charge on any atom is -0.509 e. The Kier molecular flexibility index (Phi) is 4.25. The molecule has 2 N–H and O–H groups in total. The van der Waals surface area contributed by atoms with Crippen molar-refractivity contribution in [2.75, 3.05) is 13.2 Å². The Balaban J connectivity index is 1.80. The number of halogens is 1. The number of hydrogen-bond donors (Lipinski definition) is 2. The number of aliphatic hydroxyl groups is 1. The first-order chi connectivity index (χ1) is 12.5. The van der Waals surface area contributed by atoms with Gasteiger partial charge in [-0.2, -0.15) is 0 Å². The summed E-state index contributed by atoms with van der Waals surface area (Å²) in [4.78, 5) is 12.7. The molecule has 0 bridgehead atoms. The number of ether oxygens (including phenoxy) is 1. The van der Waals surface area contributed by atoms with Crippen molar-refractivity contribution in [2.24, 2.45) is 0 Å². The maximum atomic E-state index is 12.7. The first kappa shape index (κ1) is 17.1. The van der Waals surface area contributed by atoms with Crippen LogP contribution in [0.15, 0.2) is 48.2 Å². The summed E-state index contributed by atoms with van der Waals surface area (Å²) in [6, 6.07) is 13.5. The van der Waals surface area contributed by atoms with E-state index in [1.54, 1.807) is 0 Å². The maximum absolute atomic E-state index is 12.7. The fourth-order valence-corrected chi connectivity index (χ4v) is 3.86. The smallest absolute Gasteiger partial charge is 0.256 e. The number of rotatable bonds is 2. The van der Waals surface area contributed by atoms with Crippen molar-refractivity contribution in [3.05, 3.63) is 64.4 Å². The molecule has 0 unspecified atom stereocenters. The van der Waals surface area contributed by atoms with Crippen molar-refractivity contribution in [3.63, 3.8) is 0 Å². The van der Waals surface area contributed by atoms with Crippen LogP contribution < -0.4 is 5.32 Å². The SMILES string of the molecule is Cc1ccc(-c2ccc(Cl)cc2)cc1C1=C(O)C2(CCOCC2)NC1=O. The molecule has 0 aromatic heterocycles. The molecule has 2 aromatic rings. The zero-order chi connectivity index (χ0) is 18.3. The molecular formula is C21H20ClNO3. The van der Waals surface area contributed by atoms with Crippen molar-refractivity contribution in [1.82, 2.24) is 5.32 Å². The van der Waals surface area contributed by atoms with Crippen molar-refractivity contribution in [3.8, 4) is 11.1 Å². The second kappa shape index (κ2) is 6.45. The van der Waals surface area contributed by atoms with Gasteiger partial charge in [-0.05, 0) is 47.4 Å². The molecule has 2 aromatic carbocycles. The van der Waals surface area contributed by atoms with Gasteiger partial charge in [-0.25, -0.2) is 0 Å². The fourth-order valence-electron chi connectivity index (χ4n) is 3.73. The second-order valence-electron chi connectivity index (χ2n) is 6.91. The summed E-state index contributed by atoms with van der Waals surface area (Å²) in [6.45, 7) is 3.01. The lowest BCUT2D eigenvalue weighted by Gasteiger charge is -2.33. The zero-order valence-electron chi connectivity index (χ0n) is 14.5. The van der Waals surface area contributed by atoms with E-state index in [9.17, 15) is 9.90 Å². The van der Waals surface area contributed by atoms with Gasteiger partial charge in [0.25, 0.3) is 5.91 Å². The molecule has 0 saturated carbocycles. The second-order valence-corrected chi connectivity index (χ2v) is 7.35. The Morgan fingerprint density at radius 3 is 2.42 bits per heavy atom. The number of nitrogens with one attached hydrogen (secondary N) is 1. The van der Waals surface area contributed by atoms with Crippen LogP contribution in [0, 0.1) is 6.92 Å². The molecule has 1 saturated heterocycles. The Hall–Kier alpha value is -2.30. The predicted molar refractivity (Wildman–Crippen MR) is 102 cm³/mol. The number of amides is 1. The molecule has 4 rings (SSSR count). The lowest BCUT2D eigenvalue weighted by atomic mass is 9.87. The average Bonchev–Trinajstić information content (AvgIpc) is 2.87. The van der Waals surface area contributed by atoms with Gasteiger partial charge in [-0.3, -0.25) is 4.79 Å². The van der Waals surface area contributed by atoms with Crippen LogP contribution in [-0.4, -0.2) is 29.8 Å². The molecule has 0 aliphatic carbocycles. The lowest BCUT2D eigenvalue weighted by molar-refractivity contribution is -0.117. The van der Waals surface area contributed by atoms with Gasteiger partial charge in [0.15, 0.2) is 0 Å². The lowest BCUT2D eigenvalue weighted by Crippen LogP contribution is -2.48. The largest absolute Gasteiger partial charge is 0.509 e. The standard InChI is InChI=1S/C21H20ClNO3/c1-13-2-3-15(14-4-6-16(22)7-5-14)12-17(13)18-19(24)21(23-20(18)25)8-10-26-11-9-21/h2-7,12,24H,8-11H2,1H3,(H,23,25). The first-order valence-electron chi connectivity index (χ1n) is 8.71. The van der Waals surface area contributed by atoms with Crippen LogP contribution in [0.25, 0.3) is 16.7 Å². The van der Waals surface area contributed by atoms with Crippen molar-refractivity contribution in [1.29, 1.82) is 0 Å². The number of carbonyl (C=O) groups is 1. The highest BCUT2D eigenvalue weighted by atomic mass is 35.5. The summed E-state index contributed by atoms with van der Waals surface area (Å²) < 4.78 is 5.40. The van der Waals surface area contributed by atoms with Gasteiger partial charge < -0.3 is 15.2 Å². The van der Waals surface area contributed by atoms with Crippen LogP contribution in [-0.2, 0) is 9.53 Å². The van der Waals surface area contributed by atoms with Gasteiger partial charge in [0.1, 0.15) is 11.3 Å². The molecule has 2 aliphatic rings. The predicted octanol–water partition coefficient (Wildman–Crippen LogP) is 4.26. The fraction of sp³-hybridized carbons (Fsp3) is 0.286. The number of aryl methyl sites for hydroxylation is 1. The molecular weight excluding hydrogens is 350 g/mol. The van der Waals surface area contributed by atoms with Crippen LogP contribution in [0.4, 0.5) is 0 Å². The minimum absolute atomic E-state index is 0.141. The van der Waals surface area contributed by atoms with Gasteiger partial charge in [-0.15, -0.1) is 0 Å². The molecule has 0 atom stereocenters. The Bertz CT molecular complexity index is 896. The summed E-state index contributed by atoms with van der Waals surface area (Å²) in [7, 11) is 0. The molecule has 26 heavy (non-hydrogen) atoms. The van der Waals surface area contributed by atoms with E-state index in [2.05, 4.69) is 5.32 Å². The molecule has 5 heteroatoms. The molecule has 4 nitrogen and oxygen atoms in total. The van der Waals surface area contributed by atoms with Crippen LogP contribution in [0.5, 0.6) is 0 Å². The van der Waals surface area contributed by atoms with Crippen LogP contribution >= 0.6 is 11.6 Å². The summed E-state index contributed by atoms with van der Waals surface area (Å²) in [6.07, 6.45) is 1.17. The molecule has 2 heterocycles. The third kappa shape index (κ3) is 2.79. The summed E-state index contributed by atoms with van der Waals surface area (Å²) in [5.74, 6) is -0.0806. The quantitative estimate of drug-likeness (QED) is 0.831. The third-order valence-corrected chi connectivity index (χ3v) is 5.55. The van der Waals surface area contributed by atoms with Crippen LogP contribution in [0.1, 0.15) is 24.0 Å². The van der Waals surface area contributed by atoms with E-state index < -0.39 is 5.54 Å². The van der Waals surface area contributed by atoms with Crippen molar-refractivity contribution >= 4 is 23.1 Å². The Morgan fingerprint density at radius 1 is 1.08 bits per heavy atom.